The summed E-state index contributed by atoms with van der Waals surface area (Å²) >= 11 is 6.26. The van der Waals surface area contributed by atoms with E-state index in [1.54, 1.807) is 37.4 Å². The Bertz CT molecular complexity index is 781. The van der Waals surface area contributed by atoms with Crippen molar-refractivity contribution < 1.29 is 14.3 Å². The highest BCUT2D eigenvalue weighted by Gasteiger charge is 2.19. The minimum atomic E-state index is -0.821. The number of alkyl halides is 1. The first-order valence-electron chi connectivity index (χ1n) is 8.52. The third-order valence-corrected chi connectivity index (χ3v) is 4.35. The molecule has 0 unspecified atom stereocenters. The second-order valence-corrected chi connectivity index (χ2v) is 6.57. The first kappa shape index (κ1) is 20.7. The van der Waals surface area contributed by atoms with Gasteiger partial charge in [0, 0.05) is 39.1 Å². The van der Waals surface area contributed by atoms with E-state index in [9.17, 15) is 9.59 Å². The zero-order valence-corrected chi connectivity index (χ0v) is 16.4. The highest BCUT2D eigenvalue weighted by atomic mass is 35.5. The number of carbonyl (C=O) groups excluding carboxylic acids is 2. The Labute approximate surface area is 164 Å². The Balaban J connectivity index is 2.18. The lowest BCUT2D eigenvalue weighted by Crippen LogP contribution is -2.29. The molecule has 0 radical (unpaired) electrons. The molecule has 6 nitrogen and oxygen atoms in total. The number of hydrogen-bond donors (Lipinski definition) is 2. The summed E-state index contributed by atoms with van der Waals surface area (Å²) in [4.78, 5) is 26.8. The van der Waals surface area contributed by atoms with Crippen LogP contribution in [0.5, 0.6) is 0 Å². The number of nitrogens with zero attached hydrogens (tertiary/aromatic N) is 1. The molecule has 2 aromatic carbocycles. The average Bonchev–Trinajstić information content (AvgIpc) is 2.67. The van der Waals surface area contributed by atoms with Crippen molar-refractivity contribution in [3.05, 3.63) is 59.7 Å². The summed E-state index contributed by atoms with van der Waals surface area (Å²) in [5.74, 6) is -0.594. The molecule has 7 heteroatoms. The maximum absolute atomic E-state index is 12.5. The fraction of sp³-hybridized carbons (Fsp3) is 0.300. The van der Waals surface area contributed by atoms with Crippen LogP contribution in [0.3, 0.4) is 0 Å². The molecule has 2 amide bonds. The monoisotopic (exact) mass is 389 g/mol. The van der Waals surface area contributed by atoms with Crippen molar-refractivity contribution in [2.45, 2.75) is 5.38 Å². The van der Waals surface area contributed by atoms with E-state index in [-0.39, 0.29) is 11.8 Å². The summed E-state index contributed by atoms with van der Waals surface area (Å²) in [7, 11) is 5.27. The van der Waals surface area contributed by atoms with Crippen LogP contribution in [0.25, 0.3) is 0 Å². The average molecular weight is 390 g/mol. The summed E-state index contributed by atoms with van der Waals surface area (Å²) < 4.78 is 4.95. The Morgan fingerprint density at radius 3 is 2.48 bits per heavy atom. The first-order chi connectivity index (χ1) is 12.9. The van der Waals surface area contributed by atoms with Crippen LogP contribution in [0.4, 0.5) is 11.4 Å². The zero-order chi connectivity index (χ0) is 19.8. The van der Waals surface area contributed by atoms with Crippen molar-refractivity contribution in [1.29, 1.82) is 0 Å². The molecule has 0 fully saturated rings. The molecule has 0 aliphatic heterocycles. The van der Waals surface area contributed by atoms with Gasteiger partial charge in [0.1, 0.15) is 5.38 Å². The molecule has 2 aromatic rings. The van der Waals surface area contributed by atoms with Gasteiger partial charge in [-0.1, -0.05) is 30.3 Å². The lowest BCUT2D eigenvalue weighted by molar-refractivity contribution is -0.116. The van der Waals surface area contributed by atoms with Gasteiger partial charge in [-0.05, 0) is 23.8 Å². The highest BCUT2D eigenvalue weighted by molar-refractivity contribution is 6.32. The van der Waals surface area contributed by atoms with Crippen molar-refractivity contribution in [2.75, 3.05) is 44.6 Å². The van der Waals surface area contributed by atoms with Gasteiger partial charge in [-0.3, -0.25) is 9.59 Å². The van der Waals surface area contributed by atoms with Crippen LogP contribution in [-0.2, 0) is 9.53 Å². The van der Waals surface area contributed by atoms with Crippen LogP contribution in [-0.4, -0.2) is 46.2 Å². The first-order valence-corrected chi connectivity index (χ1v) is 8.96. The number of benzene rings is 2. The Morgan fingerprint density at radius 2 is 1.85 bits per heavy atom. The van der Waals surface area contributed by atoms with Crippen LogP contribution in [0.15, 0.2) is 48.5 Å². The molecule has 0 aromatic heterocycles. The molecule has 0 aliphatic rings. The van der Waals surface area contributed by atoms with Gasteiger partial charge in [0.25, 0.3) is 5.91 Å². The molecule has 0 saturated heterocycles. The number of amides is 2. The highest BCUT2D eigenvalue weighted by Crippen LogP contribution is 2.26. The SMILES string of the molecule is COCCNC(=O)c1cc(NC(=O)[C@H](Cl)c2ccccc2)ccc1N(C)C. The second kappa shape index (κ2) is 9.94. The fourth-order valence-corrected chi connectivity index (χ4v) is 2.73. The summed E-state index contributed by atoms with van der Waals surface area (Å²) in [5.41, 5.74) is 2.41. The molecule has 0 spiro atoms. The maximum Gasteiger partial charge on any atom is 0.253 e. The Kier molecular flexibility index (Phi) is 7.64. The minimum absolute atomic E-state index is 0.239. The molecule has 0 aliphatic carbocycles. The molecule has 1 atom stereocenters. The standard InChI is InChI=1S/C20H24ClN3O3/c1-24(2)17-10-9-15(13-16(17)19(25)22-11-12-27-3)23-20(26)18(21)14-7-5-4-6-8-14/h4-10,13,18H,11-12H2,1-3H3,(H,22,25)(H,23,26)/t18-/m1/s1. The van der Waals surface area contributed by atoms with Gasteiger partial charge < -0.3 is 20.3 Å². The second-order valence-electron chi connectivity index (χ2n) is 6.14. The van der Waals surface area contributed by atoms with Gasteiger partial charge in [0.05, 0.1) is 12.2 Å². The molecule has 0 bridgehead atoms. The quantitative estimate of drug-likeness (QED) is 0.537. The van der Waals surface area contributed by atoms with Gasteiger partial charge in [-0.25, -0.2) is 0 Å². The molecule has 2 rings (SSSR count). The summed E-state index contributed by atoms with van der Waals surface area (Å²) in [6, 6.07) is 14.3. The Morgan fingerprint density at radius 1 is 1.15 bits per heavy atom. The fourth-order valence-electron chi connectivity index (χ4n) is 2.53. The van der Waals surface area contributed by atoms with E-state index < -0.39 is 5.38 Å². The Hall–Kier alpha value is -2.57. The van der Waals surface area contributed by atoms with E-state index in [1.807, 2.05) is 37.2 Å². The number of hydrogen-bond acceptors (Lipinski definition) is 4. The topological polar surface area (TPSA) is 70.7 Å². The smallest absolute Gasteiger partial charge is 0.253 e. The van der Waals surface area contributed by atoms with E-state index in [0.29, 0.717) is 30.0 Å². The van der Waals surface area contributed by atoms with Gasteiger partial charge >= 0.3 is 0 Å². The van der Waals surface area contributed by atoms with Crippen molar-refractivity contribution in [1.82, 2.24) is 5.32 Å². The van der Waals surface area contributed by atoms with Crippen LogP contribution in [0.1, 0.15) is 21.3 Å². The third-order valence-electron chi connectivity index (χ3n) is 3.90. The van der Waals surface area contributed by atoms with E-state index in [0.717, 1.165) is 5.69 Å². The molecular weight excluding hydrogens is 366 g/mol. The van der Waals surface area contributed by atoms with Crippen molar-refractivity contribution in [2.24, 2.45) is 0 Å². The van der Waals surface area contributed by atoms with Gasteiger partial charge in [0.2, 0.25) is 5.91 Å². The van der Waals surface area contributed by atoms with Crippen LogP contribution in [0.2, 0.25) is 0 Å². The summed E-state index contributed by atoms with van der Waals surface area (Å²) in [6.07, 6.45) is 0. The van der Waals surface area contributed by atoms with Crippen molar-refractivity contribution in [3.8, 4) is 0 Å². The minimum Gasteiger partial charge on any atom is -0.383 e. The predicted octanol–water partition coefficient (Wildman–Crippen LogP) is 3.05. The summed E-state index contributed by atoms with van der Waals surface area (Å²) in [5, 5.41) is 4.75. The van der Waals surface area contributed by atoms with E-state index in [1.165, 1.54) is 0 Å². The number of nitrogens with one attached hydrogen (secondary N) is 2. The predicted molar refractivity (Wildman–Crippen MR) is 109 cm³/mol. The van der Waals surface area contributed by atoms with Gasteiger partial charge in [-0.2, -0.15) is 0 Å². The molecule has 144 valence electrons. The number of carbonyl (C=O) groups is 2. The molecular formula is C20H24ClN3O3. The number of anilines is 2. The van der Waals surface area contributed by atoms with Gasteiger partial charge in [0.15, 0.2) is 0 Å². The van der Waals surface area contributed by atoms with E-state index in [4.69, 9.17) is 16.3 Å². The maximum atomic E-state index is 12.5. The largest absolute Gasteiger partial charge is 0.383 e. The van der Waals surface area contributed by atoms with E-state index >= 15 is 0 Å². The molecule has 2 N–H and O–H groups in total. The van der Waals surface area contributed by atoms with Crippen molar-refractivity contribution in [3.63, 3.8) is 0 Å². The number of ether oxygens (including phenoxy) is 1. The molecule has 27 heavy (non-hydrogen) atoms. The summed E-state index contributed by atoms with van der Waals surface area (Å²) in [6.45, 7) is 0.820. The number of halogens is 1. The molecule has 0 saturated carbocycles. The number of methoxy groups -OCH3 is 1. The van der Waals surface area contributed by atoms with E-state index in [2.05, 4.69) is 10.6 Å². The van der Waals surface area contributed by atoms with Crippen LogP contribution < -0.4 is 15.5 Å². The lowest BCUT2D eigenvalue weighted by atomic mass is 10.1. The lowest BCUT2D eigenvalue weighted by Gasteiger charge is -2.19. The zero-order valence-electron chi connectivity index (χ0n) is 15.7. The normalized spacial score (nSPS) is 11.6. The third kappa shape index (κ3) is 5.70. The molecule has 0 heterocycles. The van der Waals surface area contributed by atoms with Crippen LogP contribution in [0, 0.1) is 0 Å². The van der Waals surface area contributed by atoms with Crippen molar-refractivity contribution >= 4 is 34.8 Å². The number of rotatable bonds is 8. The van der Waals surface area contributed by atoms with Gasteiger partial charge in [-0.15, -0.1) is 11.6 Å². The van der Waals surface area contributed by atoms with Crippen LogP contribution >= 0.6 is 11.6 Å².